The minimum absolute atomic E-state index is 0.133. The van der Waals surface area contributed by atoms with E-state index in [0.29, 0.717) is 20.9 Å². The van der Waals surface area contributed by atoms with Gasteiger partial charge in [0.2, 0.25) is 11.0 Å². The number of hydrogen-bond donors (Lipinski definition) is 3. The third-order valence-corrected chi connectivity index (χ3v) is 5.69. The molecule has 0 saturated carbocycles. The number of hydrogen-bond acceptors (Lipinski definition) is 7. The Hall–Kier alpha value is -3.11. The maximum absolute atomic E-state index is 12.1. The number of rotatable bonds is 7. The highest BCUT2D eigenvalue weighted by atomic mass is 32.2. The van der Waals surface area contributed by atoms with Gasteiger partial charge < -0.3 is 15.4 Å². The third kappa shape index (κ3) is 6.19. The number of carbonyl (C=O) groups excluding carboxylic acids is 2. The second kappa shape index (κ2) is 9.89. The van der Waals surface area contributed by atoms with Crippen molar-refractivity contribution in [1.82, 2.24) is 10.2 Å². The molecule has 0 aliphatic rings. The maximum atomic E-state index is 12.1. The number of methoxy groups -OCH3 is 1. The Balaban J connectivity index is 1.46. The number of benzene rings is 2. The highest BCUT2D eigenvalue weighted by Crippen LogP contribution is 2.26. The van der Waals surface area contributed by atoms with Gasteiger partial charge in [0.1, 0.15) is 5.75 Å². The number of anilines is 3. The Bertz CT molecular complexity index is 992. The first-order valence-electron chi connectivity index (χ1n) is 8.57. The minimum atomic E-state index is -0.430. The molecule has 8 nitrogen and oxygen atoms in total. The van der Waals surface area contributed by atoms with Crippen molar-refractivity contribution in [2.24, 2.45) is 0 Å². The van der Waals surface area contributed by atoms with Crippen LogP contribution < -0.4 is 20.7 Å². The Labute approximate surface area is 176 Å². The number of urea groups is 1. The van der Waals surface area contributed by atoms with Crippen molar-refractivity contribution in [2.75, 3.05) is 28.8 Å². The van der Waals surface area contributed by atoms with Crippen LogP contribution in [0.3, 0.4) is 0 Å². The summed E-state index contributed by atoms with van der Waals surface area (Å²) in [5.74, 6) is 0.764. The van der Waals surface area contributed by atoms with E-state index in [9.17, 15) is 9.59 Å². The molecule has 0 radical (unpaired) electrons. The summed E-state index contributed by atoms with van der Waals surface area (Å²) in [6.07, 6.45) is 0. The van der Waals surface area contributed by atoms with Crippen molar-refractivity contribution in [1.29, 1.82) is 0 Å². The lowest BCUT2D eigenvalue weighted by Gasteiger charge is -2.06. The average molecular weight is 430 g/mol. The molecule has 3 amide bonds. The summed E-state index contributed by atoms with van der Waals surface area (Å²) in [6.45, 7) is 1.93. The van der Waals surface area contributed by atoms with Crippen LogP contribution in [-0.2, 0) is 4.79 Å². The van der Waals surface area contributed by atoms with Gasteiger partial charge in [0.05, 0.1) is 12.9 Å². The fourth-order valence-corrected chi connectivity index (χ4v) is 3.83. The molecule has 0 aliphatic heterocycles. The Morgan fingerprint density at radius 1 is 1.03 bits per heavy atom. The number of nitrogens with one attached hydrogen (secondary N) is 3. The SMILES string of the molecule is COc1ccc(NC(=O)Nc2nnc(SCC(=O)Nc3ccccc3C)s2)cc1. The summed E-state index contributed by atoms with van der Waals surface area (Å²) in [4.78, 5) is 24.2. The highest BCUT2D eigenvalue weighted by Gasteiger charge is 2.11. The van der Waals surface area contributed by atoms with E-state index >= 15 is 0 Å². The van der Waals surface area contributed by atoms with Crippen molar-refractivity contribution in [2.45, 2.75) is 11.3 Å². The molecule has 2 aromatic carbocycles. The first-order chi connectivity index (χ1) is 14.0. The van der Waals surface area contributed by atoms with Crippen LogP contribution in [0.1, 0.15) is 5.56 Å². The number of aromatic nitrogens is 2. The van der Waals surface area contributed by atoms with E-state index in [4.69, 9.17) is 4.74 Å². The largest absolute Gasteiger partial charge is 0.497 e. The topological polar surface area (TPSA) is 105 Å². The predicted octanol–water partition coefficient (Wildman–Crippen LogP) is 4.23. The van der Waals surface area contributed by atoms with Crippen LogP contribution in [0.5, 0.6) is 5.75 Å². The van der Waals surface area contributed by atoms with Crippen LogP contribution >= 0.6 is 23.1 Å². The molecule has 0 aliphatic carbocycles. The summed E-state index contributed by atoms with van der Waals surface area (Å²) >= 11 is 2.45. The van der Waals surface area contributed by atoms with E-state index < -0.39 is 6.03 Å². The van der Waals surface area contributed by atoms with Crippen molar-refractivity contribution < 1.29 is 14.3 Å². The van der Waals surface area contributed by atoms with E-state index in [1.165, 1.54) is 23.1 Å². The molecule has 0 spiro atoms. The summed E-state index contributed by atoms with van der Waals surface area (Å²) in [7, 11) is 1.58. The molecular weight excluding hydrogens is 410 g/mol. The molecule has 3 aromatic rings. The molecule has 1 heterocycles. The molecule has 0 fully saturated rings. The fraction of sp³-hybridized carbons (Fsp3) is 0.158. The van der Waals surface area contributed by atoms with Gasteiger partial charge in [-0.1, -0.05) is 41.3 Å². The van der Waals surface area contributed by atoms with Gasteiger partial charge >= 0.3 is 6.03 Å². The molecule has 0 saturated heterocycles. The van der Waals surface area contributed by atoms with E-state index in [1.807, 2.05) is 31.2 Å². The first kappa shape index (κ1) is 20.6. The van der Waals surface area contributed by atoms with Crippen LogP contribution in [0.25, 0.3) is 0 Å². The van der Waals surface area contributed by atoms with Gasteiger partial charge in [-0.3, -0.25) is 10.1 Å². The Morgan fingerprint density at radius 3 is 2.52 bits per heavy atom. The lowest BCUT2D eigenvalue weighted by molar-refractivity contribution is -0.113. The van der Waals surface area contributed by atoms with Gasteiger partial charge in [-0.2, -0.15) is 0 Å². The molecule has 0 atom stereocenters. The van der Waals surface area contributed by atoms with Gasteiger partial charge in [-0.05, 0) is 42.8 Å². The Morgan fingerprint density at radius 2 is 1.79 bits per heavy atom. The summed E-state index contributed by atoms with van der Waals surface area (Å²) in [5.41, 5.74) is 2.40. The fourth-order valence-electron chi connectivity index (χ4n) is 2.28. The zero-order valence-electron chi connectivity index (χ0n) is 15.8. The number of ether oxygens (including phenoxy) is 1. The number of amides is 3. The van der Waals surface area contributed by atoms with Crippen molar-refractivity contribution in [3.05, 3.63) is 54.1 Å². The van der Waals surface area contributed by atoms with Gasteiger partial charge in [-0.25, -0.2) is 4.79 Å². The predicted molar refractivity (Wildman–Crippen MR) is 116 cm³/mol. The maximum Gasteiger partial charge on any atom is 0.325 e. The molecule has 1 aromatic heterocycles. The van der Waals surface area contributed by atoms with Gasteiger partial charge in [0.25, 0.3) is 0 Å². The van der Waals surface area contributed by atoms with Crippen LogP contribution in [0.4, 0.5) is 21.3 Å². The van der Waals surface area contributed by atoms with Crippen molar-refractivity contribution in [3.63, 3.8) is 0 Å². The van der Waals surface area contributed by atoms with E-state index in [1.54, 1.807) is 31.4 Å². The van der Waals surface area contributed by atoms with Gasteiger partial charge in [0, 0.05) is 11.4 Å². The molecule has 10 heteroatoms. The number of para-hydroxylation sites is 1. The standard InChI is InChI=1S/C19H19N5O3S2/c1-12-5-3-4-6-15(12)21-16(25)11-28-19-24-23-18(29-19)22-17(26)20-13-7-9-14(27-2)10-8-13/h3-10H,11H2,1-2H3,(H,21,25)(H2,20,22,23,26). The molecule has 3 rings (SSSR count). The normalized spacial score (nSPS) is 10.3. The van der Waals surface area contributed by atoms with Crippen molar-refractivity contribution in [3.8, 4) is 5.75 Å². The summed E-state index contributed by atoms with van der Waals surface area (Å²) in [6, 6.07) is 14.1. The van der Waals surface area contributed by atoms with Crippen LogP contribution in [0.15, 0.2) is 52.9 Å². The van der Waals surface area contributed by atoms with Crippen molar-refractivity contribution >= 4 is 51.5 Å². The number of thioether (sulfide) groups is 1. The van der Waals surface area contributed by atoms with Crippen LogP contribution in [-0.4, -0.2) is 35.0 Å². The van der Waals surface area contributed by atoms with E-state index in [0.717, 1.165) is 11.3 Å². The summed E-state index contributed by atoms with van der Waals surface area (Å²) < 4.78 is 5.66. The van der Waals surface area contributed by atoms with Gasteiger partial charge in [0.15, 0.2) is 4.34 Å². The lowest BCUT2D eigenvalue weighted by Crippen LogP contribution is -2.19. The van der Waals surface area contributed by atoms with Crippen LogP contribution in [0.2, 0.25) is 0 Å². The second-order valence-corrected chi connectivity index (χ2v) is 8.03. The van der Waals surface area contributed by atoms with E-state index in [-0.39, 0.29) is 11.7 Å². The zero-order valence-corrected chi connectivity index (χ0v) is 17.4. The van der Waals surface area contributed by atoms with Gasteiger partial charge in [-0.15, -0.1) is 10.2 Å². The number of nitrogens with zero attached hydrogens (tertiary/aromatic N) is 2. The first-order valence-corrected chi connectivity index (χ1v) is 10.4. The summed E-state index contributed by atoms with van der Waals surface area (Å²) in [5, 5.41) is 16.4. The zero-order chi connectivity index (χ0) is 20.6. The quantitative estimate of drug-likeness (QED) is 0.383. The second-order valence-electron chi connectivity index (χ2n) is 5.83. The number of carbonyl (C=O) groups is 2. The van der Waals surface area contributed by atoms with Crippen LogP contribution in [0, 0.1) is 6.92 Å². The molecular formula is C19H19N5O3S2. The highest BCUT2D eigenvalue weighted by molar-refractivity contribution is 8.01. The molecule has 0 bridgehead atoms. The Kier molecular flexibility index (Phi) is 7.04. The lowest BCUT2D eigenvalue weighted by atomic mass is 10.2. The smallest absolute Gasteiger partial charge is 0.325 e. The minimum Gasteiger partial charge on any atom is -0.497 e. The number of aryl methyl sites for hydroxylation is 1. The molecule has 3 N–H and O–H groups in total. The third-order valence-electron chi connectivity index (χ3n) is 3.72. The monoisotopic (exact) mass is 429 g/mol. The molecule has 150 valence electrons. The molecule has 0 unspecified atom stereocenters. The molecule has 29 heavy (non-hydrogen) atoms. The van der Waals surface area contributed by atoms with E-state index in [2.05, 4.69) is 26.1 Å². The average Bonchev–Trinajstić information content (AvgIpc) is 3.16.